The van der Waals surface area contributed by atoms with Crippen LogP contribution < -0.4 is 5.73 Å². The lowest BCUT2D eigenvalue weighted by Gasteiger charge is -2.06. The molecule has 0 saturated heterocycles. The average molecular weight is 210 g/mol. The third kappa shape index (κ3) is 9.33. The van der Waals surface area contributed by atoms with Crippen LogP contribution in [0.1, 0.15) is 12.8 Å². The molecule has 0 aliphatic rings. The third-order valence-corrected chi connectivity index (χ3v) is 1.36. The van der Waals surface area contributed by atoms with Crippen LogP contribution in [-0.4, -0.2) is 30.3 Å². The van der Waals surface area contributed by atoms with Gasteiger partial charge in [0, 0.05) is 12.1 Å². The lowest BCUT2D eigenvalue weighted by atomic mass is 10.2. The molecular formula is C8H16ClNO3. The monoisotopic (exact) mass is 209 g/mol. The second-order valence-electron chi connectivity index (χ2n) is 2.46. The van der Waals surface area contributed by atoms with E-state index in [0.29, 0.717) is 19.4 Å². The summed E-state index contributed by atoms with van der Waals surface area (Å²) in [6.07, 6.45) is 2.44. The van der Waals surface area contributed by atoms with E-state index in [1.807, 2.05) is 0 Å². The van der Waals surface area contributed by atoms with Crippen molar-refractivity contribution in [3.05, 3.63) is 12.7 Å². The number of aliphatic hydroxyl groups is 1. The van der Waals surface area contributed by atoms with Gasteiger partial charge >= 0.3 is 5.97 Å². The lowest BCUT2D eigenvalue weighted by molar-refractivity contribution is -0.137. The zero-order chi connectivity index (χ0) is 9.40. The minimum absolute atomic E-state index is 0. The number of aliphatic hydroxyl groups excluding tert-OH is 1. The molecule has 0 radical (unpaired) electrons. The van der Waals surface area contributed by atoms with Crippen LogP contribution in [0.15, 0.2) is 12.7 Å². The molecule has 0 saturated carbocycles. The van der Waals surface area contributed by atoms with Crippen molar-refractivity contribution in [3.63, 3.8) is 0 Å². The molecule has 0 amide bonds. The van der Waals surface area contributed by atoms with Gasteiger partial charge in [0.25, 0.3) is 0 Å². The molecule has 13 heavy (non-hydrogen) atoms. The van der Waals surface area contributed by atoms with Crippen LogP contribution in [-0.2, 0) is 9.53 Å². The highest BCUT2D eigenvalue weighted by molar-refractivity contribution is 5.85. The zero-order valence-electron chi connectivity index (χ0n) is 7.44. The van der Waals surface area contributed by atoms with Crippen molar-refractivity contribution in [2.45, 2.75) is 18.9 Å². The predicted molar refractivity (Wildman–Crippen MR) is 52.7 cm³/mol. The van der Waals surface area contributed by atoms with Gasteiger partial charge in [0.05, 0.1) is 13.2 Å². The van der Waals surface area contributed by atoms with Crippen LogP contribution in [0.3, 0.4) is 0 Å². The molecule has 0 aliphatic heterocycles. The van der Waals surface area contributed by atoms with Gasteiger partial charge in [-0.25, -0.2) is 4.79 Å². The van der Waals surface area contributed by atoms with Crippen LogP contribution in [0.25, 0.3) is 0 Å². The normalized spacial score (nSPS) is 11.2. The third-order valence-electron chi connectivity index (χ3n) is 1.36. The highest BCUT2D eigenvalue weighted by Crippen LogP contribution is 1.94. The van der Waals surface area contributed by atoms with E-state index in [0.717, 1.165) is 6.08 Å². The van der Waals surface area contributed by atoms with E-state index < -0.39 is 5.97 Å². The highest BCUT2D eigenvalue weighted by Gasteiger charge is 2.00. The van der Waals surface area contributed by atoms with Gasteiger partial charge in [-0.05, 0) is 12.8 Å². The molecule has 0 aromatic heterocycles. The first-order chi connectivity index (χ1) is 5.70. The van der Waals surface area contributed by atoms with Crippen LogP contribution in [0.2, 0.25) is 0 Å². The van der Waals surface area contributed by atoms with Gasteiger partial charge in [0.1, 0.15) is 0 Å². The molecular weight excluding hydrogens is 194 g/mol. The van der Waals surface area contributed by atoms with Crippen molar-refractivity contribution in [2.75, 3.05) is 13.2 Å². The van der Waals surface area contributed by atoms with E-state index >= 15 is 0 Å². The van der Waals surface area contributed by atoms with Crippen LogP contribution in [0.4, 0.5) is 0 Å². The van der Waals surface area contributed by atoms with E-state index in [2.05, 4.69) is 6.58 Å². The first-order valence-corrected chi connectivity index (χ1v) is 3.86. The molecule has 3 N–H and O–H groups in total. The Bertz CT molecular complexity index is 152. The maximum Gasteiger partial charge on any atom is 0.330 e. The summed E-state index contributed by atoms with van der Waals surface area (Å²) in [6, 6.07) is -0.215. The zero-order valence-corrected chi connectivity index (χ0v) is 8.26. The van der Waals surface area contributed by atoms with Gasteiger partial charge in [-0.2, -0.15) is 0 Å². The van der Waals surface area contributed by atoms with Gasteiger partial charge < -0.3 is 15.6 Å². The largest absolute Gasteiger partial charge is 0.463 e. The van der Waals surface area contributed by atoms with Crippen molar-refractivity contribution < 1.29 is 14.6 Å². The van der Waals surface area contributed by atoms with Gasteiger partial charge in [-0.15, -0.1) is 12.4 Å². The van der Waals surface area contributed by atoms with Crippen molar-refractivity contribution in [1.82, 2.24) is 0 Å². The highest BCUT2D eigenvalue weighted by atomic mass is 35.5. The van der Waals surface area contributed by atoms with E-state index in [4.69, 9.17) is 15.6 Å². The van der Waals surface area contributed by atoms with Crippen LogP contribution in [0, 0.1) is 0 Å². The van der Waals surface area contributed by atoms with E-state index in [1.54, 1.807) is 0 Å². The van der Waals surface area contributed by atoms with E-state index in [9.17, 15) is 4.79 Å². The fourth-order valence-electron chi connectivity index (χ4n) is 0.668. The lowest BCUT2D eigenvalue weighted by Crippen LogP contribution is -2.24. The Morgan fingerprint density at radius 2 is 2.31 bits per heavy atom. The summed E-state index contributed by atoms with van der Waals surface area (Å²) in [5, 5.41) is 8.54. The summed E-state index contributed by atoms with van der Waals surface area (Å²) in [5.74, 6) is -0.424. The Kier molecular flexibility index (Phi) is 10.9. The Morgan fingerprint density at radius 1 is 1.69 bits per heavy atom. The van der Waals surface area contributed by atoms with Crippen molar-refractivity contribution in [3.8, 4) is 0 Å². The van der Waals surface area contributed by atoms with Crippen LogP contribution >= 0.6 is 12.4 Å². The molecule has 4 nitrogen and oxygen atoms in total. The number of hydrogen-bond donors (Lipinski definition) is 2. The number of hydrogen-bond acceptors (Lipinski definition) is 4. The van der Waals surface area contributed by atoms with Crippen molar-refractivity contribution in [2.24, 2.45) is 5.73 Å². The maximum absolute atomic E-state index is 10.5. The molecule has 0 rings (SSSR count). The summed E-state index contributed by atoms with van der Waals surface area (Å²) >= 11 is 0. The molecule has 0 aliphatic carbocycles. The maximum atomic E-state index is 10.5. The summed E-state index contributed by atoms with van der Waals surface area (Å²) in [4.78, 5) is 10.5. The number of ether oxygens (including phenoxy) is 1. The molecule has 5 heteroatoms. The first kappa shape index (κ1) is 14.9. The molecule has 0 bridgehead atoms. The molecule has 0 aromatic carbocycles. The summed E-state index contributed by atoms with van der Waals surface area (Å²) in [5.41, 5.74) is 5.41. The van der Waals surface area contributed by atoms with E-state index in [1.165, 1.54) is 0 Å². The topological polar surface area (TPSA) is 72.5 Å². The number of esters is 1. The van der Waals surface area contributed by atoms with Gasteiger partial charge in [-0.3, -0.25) is 0 Å². The second kappa shape index (κ2) is 9.51. The molecule has 1 unspecified atom stereocenters. The molecule has 0 heterocycles. The average Bonchev–Trinajstić information content (AvgIpc) is 2.11. The number of carbonyl (C=O) groups excluding carboxylic acids is 1. The molecule has 0 spiro atoms. The van der Waals surface area contributed by atoms with Gasteiger partial charge in [-0.1, -0.05) is 6.58 Å². The number of nitrogens with two attached hydrogens (primary N) is 1. The van der Waals surface area contributed by atoms with E-state index in [-0.39, 0.29) is 25.1 Å². The molecule has 78 valence electrons. The minimum atomic E-state index is -0.424. The Morgan fingerprint density at radius 3 is 2.77 bits per heavy atom. The smallest absolute Gasteiger partial charge is 0.330 e. The minimum Gasteiger partial charge on any atom is -0.463 e. The first-order valence-electron chi connectivity index (χ1n) is 3.86. The van der Waals surface area contributed by atoms with Crippen molar-refractivity contribution in [1.29, 1.82) is 0 Å². The van der Waals surface area contributed by atoms with Crippen molar-refractivity contribution >= 4 is 18.4 Å². The fourth-order valence-corrected chi connectivity index (χ4v) is 0.668. The predicted octanol–water partition coefficient (Wildman–Crippen LogP) is 0.237. The van der Waals surface area contributed by atoms with Gasteiger partial charge in [0.2, 0.25) is 0 Å². The Hall–Kier alpha value is -0.580. The molecule has 0 aromatic rings. The summed E-state index contributed by atoms with van der Waals surface area (Å²) < 4.78 is 4.69. The summed E-state index contributed by atoms with van der Waals surface area (Å²) in [7, 11) is 0. The second-order valence-corrected chi connectivity index (χ2v) is 2.46. The number of carbonyl (C=O) groups is 1. The molecule has 0 fully saturated rings. The number of halogens is 1. The standard InChI is InChI=1S/C8H15NO3.ClH/c1-2-8(11)12-5-3-4-7(9)6-10;/h2,7,10H,1,3-6,9H2;1H. The summed E-state index contributed by atoms with van der Waals surface area (Å²) in [6.45, 7) is 3.55. The molecule has 1 atom stereocenters. The van der Waals surface area contributed by atoms with Crippen LogP contribution in [0.5, 0.6) is 0 Å². The SMILES string of the molecule is C=CC(=O)OCCCC(N)CO.Cl. The van der Waals surface area contributed by atoms with Gasteiger partial charge in [0.15, 0.2) is 0 Å². The quantitative estimate of drug-likeness (QED) is 0.373. The Labute approximate surface area is 84.2 Å². The fraction of sp³-hybridized carbons (Fsp3) is 0.625. The Balaban J connectivity index is 0. The number of rotatable bonds is 6.